The van der Waals surface area contributed by atoms with Crippen molar-refractivity contribution in [3.63, 3.8) is 0 Å². The maximum absolute atomic E-state index is 13.4. The lowest BCUT2D eigenvalue weighted by atomic mass is 9.76. The monoisotopic (exact) mass is 2020 g/mol. The second kappa shape index (κ2) is 43.0. The van der Waals surface area contributed by atoms with Crippen LogP contribution in [0.3, 0.4) is 0 Å². The molecule has 1 unspecified atom stereocenters. The average Bonchev–Trinajstić information content (AvgIpc) is 1.58. The Kier molecular flexibility index (Phi) is 29.9. The van der Waals surface area contributed by atoms with Crippen LogP contribution in [0.4, 0.5) is 22.7 Å². The molecular weight excluding hydrogens is 1920 g/mol. The van der Waals surface area contributed by atoms with Crippen molar-refractivity contribution in [2.75, 3.05) is 89.4 Å². The Labute approximate surface area is 852 Å². The van der Waals surface area contributed by atoms with Crippen LogP contribution in [0, 0.1) is 6.92 Å². The number of esters is 3. The van der Waals surface area contributed by atoms with Crippen molar-refractivity contribution in [2.24, 2.45) is 20.5 Å². The van der Waals surface area contributed by atoms with Crippen LogP contribution in [-0.2, 0) is 46.6 Å². The van der Waals surface area contributed by atoms with E-state index in [0.717, 1.165) is 25.8 Å². The Hall–Kier alpha value is -17.5. The van der Waals surface area contributed by atoms with E-state index in [1.54, 1.807) is 91.9 Å². The molecule has 0 aromatic heterocycles. The summed E-state index contributed by atoms with van der Waals surface area (Å²) in [6.45, 7) is 14.4. The third kappa shape index (κ3) is 19.5. The van der Waals surface area contributed by atoms with Crippen molar-refractivity contribution in [1.82, 2.24) is 21.3 Å². The third-order valence-corrected chi connectivity index (χ3v) is 27.4. The van der Waals surface area contributed by atoms with Gasteiger partial charge in [0.25, 0.3) is 17.7 Å². The summed E-state index contributed by atoms with van der Waals surface area (Å²) < 4.78 is 43.7. The van der Waals surface area contributed by atoms with Crippen LogP contribution in [0.5, 0.6) is 63.2 Å². The lowest BCUT2D eigenvalue weighted by molar-refractivity contribution is -0.401. The highest BCUT2D eigenvalue weighted by molar-refractivity contribution is 6.35. The second-order valence-corrected chi connectivity index (χ2v) is 37.2. The van der Waals surface area contributed by atoms with E-state index in [1.165, 1.54) is 95.6 Å². The van der Waals surface area contributed by atoms with Gasteiger partial charge in [-0.25, -0.2) is 14.4 Å². The molecule has 12 N–H and O–H groups in total. The number of hydrogen-bond donors (Lipinski definition) is 10. The number of aromatic hydroxyl groups is 4. The quantitative estimate of drug-likeness (QED) is 0.00318. The van der Waals surface area contributed by atoms with Gasteiger partial charge in [0.1, 0.15) is 57.3 Å². The Morgan fingerprint density at radius 1 is 0.463 bits per heavy atom. The van der Waals surface area contributed by atoms with E-state index >= 15 is 0 Å². The molecule has 38 nitrogen and oxygen atoms in total. The molecule has 0 radical (unpaired) electrons. The fraction of sp³-hybridized carbons (Fsp3) is 0.271. The number of allylic oxidation sites excluding steroid dienone is 4. The number of nitrogen functional groups attached to an aromatic ring is 2. The van der Waals surface area contributed by atoms with Gasteiger partial charge in [-0.05, 0) is 202 Å². The number of nitrogens with one attached hydrogen (secondary N) is 4. The van der Waals surface area contributed by atoms with Gasteiger partial charge in [0.15, 0.2) is 45.5 Å². The Morgan fingerprint density at radius 2 is 0.871 bits per heavy atom. The number of phenols is 4. The number of amides is 4. The minimum Gasteiger partial charge on any atom is -0.508 e. The van der Waals surface area contributed by atoms with Crippen molar-refractivity contribution in [3.8, 4) is 63.2 Å². The highest BCUT2D eigenvalue weighted by Crippen LogP contribution is 2.65. The molecule has 0 saturated carbocycles. The van der Waals surface area contributed by atoms with E-state index in [4.69, 9.17) is 90.0 Å². The third-order valence-electron chi connectivity index (χ3n) is 26.7. The van der Waals surface area contributed by atoms with E-state index in [-0.39, 0.29) is 144 Å². The first kappa shape index (κ1) is 102. The first-order valence-electron chi connectivity index (χ1n) is 47.1. The molecule has 19 rings (SSSR count). The zero-order valence-corrected chi connectivity index (χ0v) is 82.3. The van der Waals surface area contributed by atoms with Gasteiger partial charge in [-0.1, -0.05) is 125 Å². The number of unbranched alkanes of at least 4 members (excludes halogenated alkanes) is 2. The van der Waals surface area contributed by atoms with Crippen LogP contribution >= 0.6 is 23.2 Å². The molecule has 8 heterocycles. The summed E-state index contributed by atoms with van der Waals surface area (Å²) in [4.78, 5) is 103. The summed E-state index contributed by atoms with van der Waals surface area (Å²) in [6.07, 6.45) is 12.3. The first-order chi connectivity index (χ1) is 70.7. The number of anilines is 3. The smallest absolute Gasteiger partial charge is 0.340 e. The Balaban J connectivity index is 0.000000140. The lowest BCUT2D eigenvalue weighted by Crippen LogP contribution is -2.33. The molecule has 0 bridgehead atoms. The molecule has 750 valence electrons. The van der Waals surface area contributed by atoms with E-state index in [0.29, 0.717) is 137 Å². The number of azide groups is 4. The molecule has 11 aromatic rings. The fourth-order valence-electron chi connectivity index (χ4n) is 19.7. The van der Waals surface area contributed by atoms with Crippen LogP contribution in [0.25, 0.3) is 41.8 Å². The number of rotatable bonds is 28. The fourth-order valence-corrected chi connectivity index (χ4v) is 20.2. The van der Waals surface area contributed by atoms with Gasteiger partial charge < -0.3 is 91.2 Å². The molecule has 11 aromatic carbocycles. The molecule has 8 aliphatic rings. The summed E-state index contributed by atoms with van der Waals surface area (Å²) >= 11 is 13.0. The maximum Gasteiger partial charge on any atom is 0.340 e. The number of benzene rings is 11. The van der Waals surface area contributed by atoms with E-state index in [2.05, 4.69) is 172 Å². The molecule has 40 heteroatoms. The van der Waals surface area contributed by atoms with Crippen LogP contribution in [0.2, 0.25) is 10.0 Å². The molecule has 147 heavy (non-hydrogen) atoms. The molecule has 0 aliphatic carbocycles. The number of halogens is 2. The minimum absolute atomic E-state index is 0.00741. The summed E-state index contributed by atoms with van der Waals surface area (Å²) in [7, 11) is 3.50. The van der Waals surface area contributed by atoms with Crippen molar-refractivity contribution >= 4 is 93.2 Å². The predicted octanol–water partition coefficient (Wildman–Crippen LogP) is 21.0. The number of nitrogens with two attached hydrogens (primary N) is 2. The molecule has 8 aliphatic heterocycles. The summed E-state index contributed by atoms with van der Waals surface area (Å²) in [5.41, 5.74) is 55.8. The van der Waals surface area contributed by atoms with Crippen LogP contribution in [0.15, 0.2) is 232 Å². The largest absolute Gasteiger partial charge is 0.508 e. The number of carbonyl (C=O) groups excluding carboxylic acids is 7. The summed E-state index contributed by atoms with van der Waals surface area (Å²) in [5, 5.41) is 65.6. The molecule has 0 saturated heterocycles. The summed E-state index contributed by atoms with van der Waals surface area (Å²) in [6, 6.07) is 53.9. The molecular formula is C107H101Cl2N20O18+. The van der Waals surface area contributed by atoms with Gasteiger partial charge in [-0.2, -0.15) is 4.58 Å². The normalized spacial score (nSPS) is 15.7. The topological polar surface area (TPSA) is 566 Å². The standard InChI is InChI=1S/C33H42N6O.C26H20Cl2N4O7.C24H20N6O4.C24H18N4O6/c1-32(2)25-15-8-10-17-27(25)38(5)29(32)19-13-20-30-33(3,4)26-16-9-11-18-28(26)39(30)24-12-6-7-21-31(40)35-22-14-23-36-37-34;1-11-8-15-22(18(27)20(11)33)38-23-16(10-17(37-2)21(34)19(23)28)26(15)14-5-4-12(9-13(14)25(36)39-26)24(35)30-6-3-7-31-32-29;25-14-3-6-18-20(11-14)33-21-12-15(26)4-7-19(21)24(18)17-5-2-13(10-16(17)23(32)34-24)22(31)28-8-1-9-29-30-27;25-28-27-9-1-8-26-22(31)13-2-5-17-16(10-13)23(32)34-24(17)18-6-3-14(29)11-20(18)33-21-12-15(30)4-7-19(21)24/h8-11,13,15-20H,6-7,12,14,21-24H2,1-5H3;4-5,8-10,33-34H,3,6-7H2,1-2H3,(H,30,35);2-7,10-12H,1,8-9,25-26H2,(H,28,31);2-7,10-12,29-30H,1,8-9H2,(H,26,31)/p+1. The summed E-state index contributed by atoms with van der Waals surface area (Å²) in [5.74, 6) is -2.26. The number of aryl methyl sites for hydroxylation is 1. The number of ether oxygens (including phenoxy) is 7. The van der Waals surface area contributed by atoms with Gasteiger partial charge in [0, 0.05) is 216 Å². The number of carbonyl (C=O) groups is 7. The van der Waals surface area contributed by atoms with Crippen LogP contribution in [-0.4, -0.2) is 145 Å². The van der Waals surface area contributed by atoms with Crippen LogP contribution < -0.4 is 56.6 Å². The Bertz CT molecular complexity index is 7230. The van der Waals surface area contributed by atoms with Crippen LogP contribution in [0.1, 0.15) is 208 Å². The molecule has 0 fully saturated rings. The van der Waals surface area contributed by atoms with E-state index < -0.39 is 46.4 Å². The number of methoxy groups -OCH3 is 1. The second-order valence-electron chi connectivity index (χ2n) is 36.5. The Morgan fingerprint density at radius 3 is 1.33 bits per heavy atom. The number of fused-ring (bicyclic) bond motifs is 20. The molecule has 4 amide bonds. The zero-order valence-electron chi connectivity index (χ0n) is 80.8. The van der Waals surface area contributed by atoms with Crippen molar-refractivity contribution in [1.29, 1.82) is 0 Å². The molecule has 1 atom stereocenters. The van der Waals surface area contributed by atoms with Gasteiger partial charge in [0.2, 0.25) is 11.6 Å². The van der Waals surface area contributed by atoms with E-state index in [9.17, 15) is 54.0 Å². The highest BCUT2D eigenvalue weighted by atomic mass is 35.5. The SMILES string of the molecule is COc1cc2c(c(Cl)c1O)Oc1c(cc(C)c(O)c1Cl)C21OC(=O)c2cc(C(=O)NCCCN=[N+]=[N-])ccc21.C[N+]1=C(C=CC=C2N(CCCCCC(=O)NCCCN=[N+]=[N-])c3ccccc3C2(C)C)C(C)(C)c2ccccc21.[N-]=[N+]=NCCCNC(=O)c1ccc2c(c1)C(=O)OC21c2ccc(N)cc2Oc2cc(N)ccc21.[N-]=[N+]=NCCCNC(=O)c1ccc2c(c1)C(=O)OC21c2ccc(O)cc2Oc2cc(O)ccc21. The first-order valence-corrected chi connectivity index (χ1v) is 47.9. The average molecular weight is 2030 g/mol. The predicted molar refractivity (Wildman–Crippen MR) is 548 cm³/mol. The number of phenolic OH excluding ortho intramolecular Hbond substituents is 4. The zero-order chi connectivity index (χ0) is 105. The highest BCUT2D eigenvalue weighted by Gasteiger charge is 2.59. The number of hydrogen-bond acceptors (Lipinski definition) is 25. The van der Waals surface area contributed by atoms with Crippen molar-refractivity contribution in [3.05, 3.63) is 364 Å². The van der Waals surface area contributed by atoms with E-state index in [1.807, 2.05) is 0 Å². The maximum atomic E-state index is 13.4. The van der Waals surface area contributed by atoms with Crippen molar-refractivity contribution < 1.29 is 91.7 Å². The number of para-hydroxylation sites is 2. The van der Waals surface area contributed by atoms with Gasteiger partial charge >= 0.3 is 17.9 Å². The minimum atomic E-state index is -1.66. The number of nitrogens with zero attached hydrogens (tertiary/aromatic N) is 14. The lowest BCUT2D eigenvalue weighted by Gasteiger charge is -2.37. The van der Waals surface area contributed by atoms with Crippen molar-refractivity contribution in [2.45, 2.75) is 114 Å². The molecule has 3 spiro atoms. The van der Waals surface area contributed by atoms with Gasteiger partial charge in [-0.15, -0.1) is 0 Å². The van der Waals surface area contributed by atoms with Gasteiger partial charge in [-0.3, -0.25) is 19.2 Å². The van der Waals surface area contributed by atoms with Gasteiger partial charge in [0.05, 0.1) is 34.8 Å².